The van der Waals surface area contributed by atoms with Crippen LogP contribution in [0, 0.1) is 0 Å². The Hall–Kier alpha value is -4.09. The minimum atomic E-state index is -0.145. The van der Waals surface area contributed by atoms with Gasteiger partial charge in [0.1, 0.15) is 12.4 Å². The predicted molar refractivity (Wildman–Crippen MR) is 148 cm³/mol. The van der Waals surface area contributed by atoms with Gasteiger partial charge in [0.25, 0.3) is 5.91 Å². The number of hydrogen-bond acceptors (Lipinski definition) is 4. The van der Waals surface area contributed by atoms with E-state index in [1.165, 1.54) is 11.8 Å². The lowest BCUT2D eigenvalue weighted by molar-refractivity contribution is -0.123. The largest absolute Gasteiger partial charge is 0.489 e. The van der Waals surface area contributed by atoms with Crippen LogP contribution in [0.2, 0.25) is 0 Å². The molecule has 1 saturated heterocycles. The van der Waals surface area contributed by atoms with E-state index in [1.54, 1.807) is 4.90 Å². The average Bonchev–Trinajstić information content (AvgIpc) is 3.23. The molecule has 0 bridgehead atoms. The fourth-order valence-corrected chi connectivity index (χ4v) is 5.02. The topological polar surface area (TPSA) is 41.9 Å². The van der Waals surface area contributed by atoms with Crippen LogP contribution in [0.3, 0.4) is 0 Å². The maximum absolute atomic E-state index is 13.6. The number of rotatable bonds is 7. The summed E-state index contributed by atoms with van der Waals surface area (Å²) in [6.45, 7) is 2.55. The van der Waals surface area contributed by atoms with Gasteiger partial charge in [-0.05, 0) is 65.7 Å². The van der Waals surface area contributed by atoms with Crippen LogP contribution in [0.4, 0.5) is 5.69 Å². The highest BCUT2D eigenvalue weighted by atomic mass is 32.2. The van der Waals surface area contributed by atoms with E-state index in [0.29, 0.717) is 16.7 Å². The lowest BCUT2D eigenvalue weighted by atomic mass is 10.1. The molecular formula is C31H26N2O2S. The van der Waals surface area contributed by atoms with Crippen LogP contribution in [0.5, 0.6) is 5.75 Å². The van der Waals surface area contributed by atoms with Gasteiger partial charge in [-0.3, -0.25) is 9.69 Å². The molecular weight excluding hydrogens is 464 g/mol. The third-order valence-electron chi connectivity index (χ3n) is 5.91. The Balaban J connectivity index is 1.38. The van der Waals surface area contributed by atoms with Crippen molar-refractivity contribution >= 4 is 34.6 Å². The molecule has 0 unspecified atom stereocenters. The van der Waals surface area contributed by atoms with E-state index in [4.69, 9.17) is 9.73 Å². The predicted octanol–water partition coefficient (Wildman–Crippen LogP) is 7.63. The average molecular weight is 491 g/mol. The first kappa shape index (κ1) is 23.6. The molecule has 5 rings (SSSR count). The molecule has 0 N–H and O–H groups in total. The zero-order valence-electron chi connectivity index (χ0n) is 20.0. The first-order chi connectivity index (χ1) is 17.7. The minimum Gasteiger partial charge on any atom is -0.489 e. The molecule has 0 spiro atoms. The number of carbonyl (C=O) groups is 1. The van der Waals surface area contributed by atoms with Crippen LogP contribution in [0.1, 0.15) is 29.7 Å². The van der Waals surface area contributed by atoms with Gasteiger partial charge >= 0.3 is 0 Å². The number of ether oxygens (including phenoxy) is 1. The SMILES string of the molecule is C[C@H](c1ccccc1)N1C(=O)/C(=C\c2ccc(OCc3ccccc3)cc2)SC1=Nc1ccccc1. The fraction of sp³-hybridized carbons (Fsp3) is 0.0968. The lowest BCUT2D eigenvalue weighted by Crippen LogP contribution is -2.32. The molecule has 4 nitrogen and oxygen atoms in total. The highest BCUT2D eigenvalue weighted by Crippen LogP contribution is 2.39. The monoisotopic (exact) mass is 490 g/mol. The zero-order chi connectivity index (χ0) is 24.7. The molecule has 178 valence electrons. The Bertz CT molecular complexity index is 1370. The molecule has 1 amide bonds. The third-order valence-corrected chi connectivity index (χ3v) is 6.90. The van der Waals surface area contributed by atoms with E-state index in [0.717, 1.165) is 28.1 Å². The molecule has 0 aliphatic carbocycles. The van der Waals surface area contributed by atoms with Gasteiger partial charge in [-0.15, -0.1) is 0 Å². The summed E-state index contributed by atoms with van der Waals surface area (Å²) in [4.78, 5) is 20.8. The Morgan fingerprint density at radius 3 is 2.11 bits per heavy atom. The number of para-hydroxylation sites is 1. The Labute approximate surface area is 216 Å². The van der Waals surface area contributed by atoms with Gasteiger partial charge in [0, 0.05) is 0 Å². The first-order valence-electron chi connectivity index (χ1n) is 11.9. The number of amidine groups is 1. The zero-order valence-corrected chi connectivity index (χ0v) is 20.8. The molecule has 1 fully saturated rings. The van der Waals surface area contributed by atoms with Crippen molar-refractivity contribution in [2.24, 2.45) is 4.99 Å². The second-order valence-corrected chi connectivity index (χ2v) is 9.45. The number of benzene rings is 4. The van der Waals surface area contributed by atoms with Crippen molar-refractivity contribution in [2.45, 2.75) is 19.6 Å². The normalized spacial score (nSPS) is 16.5. The maximum Gasteiger partial charge on any atom is 0.267 e. The highest BCUT2D eigenvalue weighted by Gasteiger charge is 2.37. The first-order valence-corrected chi connectivity index (χ1v) is 12.7. The van der Waals surface area contributed by atoms with Crippen molar-refractivity contribution in [3.8, 4) is 5.75 Å². The number of hydrogen-bond donors (Lipinski definition) is 0. The maximum atomic E-state index is 13.6. The molecule has 1 heterocycles. The van der Waals surface area contributed by atoms with Crippen molar-refractivity contribution in [1.29, 1.82) is 0 Å². The molecule has 36 heavy (non-hydrogen) atoms. The molecule has 0 radical (unpaired) electrons. The van der Waals surface area contributed by atoms with E-state index in [-0.39, 0.29) is 11.9 Å². The number of amides is 1. The van der Waals surface area contributed by atoms with Crippen LogP contribution in [0.15, 0.2) is 125 Å². The van der Waals surface area contributed by atoms with Crippen molar-refractivity contribution in [2.75, 3.05) is 0 Å². The molecule has 4 aromatic carbocycles. The second-order valence-electron chi connectivity index (χ2n) is 8.45. The van der Waals surface area contributed by atoms with Crippen LogP contribution >= 0.6 is 11.8 Å². The molecule has 0 aromatic heterocycles. The summed E-state index contributed by atoms with van der Waals surface area (Å²) >= 11 is 1.41. The molecule has 5 heteroatoms. The third kappa shape index (κ3) is 5.58. The standard InChI is InChI=1S/C31H26N2O2S/c1-23(26-13-7-3-8-14-26)33-30(34)29(36-31(33)32-27-15-9-4-10-16-27)21-24-17-19-28(20-18-24)35-22-25-11-5-2-6-12-25/h2-21,23H,22H2,1H3/b29-21+,32-31?/t23-/m1/s1. The van der Waals surface area contributed by atoms with E-state index in [1.807, 2.05) is 128 Å². The number of aliphatic imine (C=N–C) groups is 1. The Morgan fingerprint density at radius 1 is 0.833 bits per heavy atom. The van der Waals surface area contributed by atoms with Crippen LogP contribution in [0.25, 0.3) is 6.08 Å². The summed E-state index contributed by atoms with van der Waals surface area (Å²) in [7, 11) is 0. The van der Waals surface area contributed by atoms with Gasteiger partial charge in [0.15, 0.2) is 5.17 Å². The van der Waals surface area contributed by atoms with E-state index < -0.39 is 0 Å². The van der Waals surface area contributed by atoms with Gasteiger partial charge in [0.05, 0.1) is 16.6 Å². The number of thioether (sulfide) groups is 1. The second kappa shape index (κ2) is 11.1. The lowest BCUT2D eigenvalue weighted by Gasteiger charge is -2.24. The van der Waals surface area contributed by atoms with Crippen LogP contribution in [-0.4, -0.2) is 16.0 Å². The molecule has 1 aliphatic rings. The van der Waals surface area contributed by atoms with Gasteiger partial charge in [-0.25, -0.2) is 4.99 Å². The highest BCUT2D eigenvalue weighted by molar-refractivity contribution is 8.18. The Morgan fingerprint density at radius 2 is 1.44 bits per heavy atom. The smallest absolute Gasteiger partial charge is 0.267 e. The van der Waals surface area contributed by atoms with Crippen LogP contribution in [-0.2, 0) is 11.4 Å². The summed E-state index contributed by atoms with van der Waals surface area (Å²) in [6, 6.07) is 37.5. The Kier molecular flexibility index (Phi) is 7.29. The summed E-state index contributed by atoms with van der Waals surface area (Å²) in [5, 5.41) is 0.677. The minimum absolute atomic E-state index is 0.0459. The van der Waals surface area contributed by atoms with Crippen LogP contribution < -0.4 is 4.74 Å². The number of nitrogens with zero attached hydrogens (tertiary/aromatic N) is 2. The summed E-state index contributed by atoms with van der Waals surface area (Å²) in [6.07, 6.45) is 1.92. The molecule has 1 atom stereocenters. The van der Waals surface area contributed by atoms with E-state index in [9.17, 15) is 4.79 Å². The number of carbonyl (C=O) groups excluding carboxylic acids is 1. The summed E-state index contributed by atoms with van der Waals surface area (Å²) < 4.78 is 5.90. The van der Waals surface area contributed by atoms with Crippen molar-refractivity contribution in [3.05, 3.63) is 137 Å². The molecule has 0 saturated carbocycles. The fourth-order valence-electron chi connectivity index (χ4n) is 3.95. The van der Waals surface area contributed by atoms with Crippen molar-refractivity contribution in [1.82, 2.24) is 4.90 Å². The molecule has 4 aromatic rings. The summed E-state index contributed by atoms with van der Waals surface area (Å²) in [5.74, 6) is 0.743. The van der Waals surface area contributed by atoms with Gasteiger partial charge in [-0.1, -0.05) is 91.0 Å². The summed E-state index contributed by atoms with van der Waals surface area (Å²) in [5.41, 5.74) is 3.94. The quantitative estimate of drug-likeness (QED) is 0.250. The van der Waals surface area contributed by atoms with Crippen molar-refractivity contribution < 1.29 is 9.53 Å². The van der Waals surface area contributed by atoms with E-state index in [2.05, 4.69) is 0 Å². The van der Waals surface area contributed by atoms with E-state index >= 15 is 0 Å². The molecule has 1 aliphatic heterocycles. The van der Waals surface area contributed by atoms with Gasteiger partial charge in [0.2, 0.25) is 0 Å². The van der Waals surface area contributed by atoms with Gasteiger partial charge in [-0.2, -0.15) is 0 Å². The van der Waals surface area contributed by atoms with Crippen molar-refractivity contribution in [3.63, 3.8) is 0 Å². The van der Waals surface area contributed by atoms with Gasteiger partial charge < -0.3 is 4.74 Å².